The van der Waals surface area contributed by atoms with Crippen LogP contribution in [-0.2, 0) is 6.61 Å². The summed E-state index contributed by atoms with van der Waals surface area (Å²) in [5.74, 6) is -0.134. The summed E-state index contributed by atoms with van der Waals surface area (Å²) in [5.41, 5.74) is 8.29. The molecule has 0 unspecified atom stereocenters. The van der Waals surface area contributed by atoms with Crippen LogP contribution in [0.3, 0.4) is 0 Å². The van der Waals surface area contributed by atoms with E-state index in [1.54, 1.807) is 48.5 Å². The second-order valence-corrected chi connectivity index (χ2v) is 6.03. The largest absolute Gasteiger partial charge is 0.487 e. The summed E-state index contributed by atoms with van der Waals surface area (Å²) in [5, 5.41) is 2.76. The lowest BCUT2D eigenvalue weighted by molar-refractivity contribution is 0.0998. The van der Waals surface area contributed by atoms with Gasteiger partial charge in [0.2, 0.25) is 5.91 Å². The molecule has 7 nitrogen and oxygen atoms in total. The lowest BCUT2D eigenvalue weighted by Gasteiger charge is -2.08. The Morgan fingerprint density at radius 1 is 1.04 bits per heavy atom. The fraction of sp³-hybridized carbons (Fsp3) is 0.111. The average Bonchev–Trinajstić information content (AvgIpc) is 3.06. The van der Waals surface area contributed by atoms with Gasteiger partial charge in [-0.1, -0.05) is 0 Å². The third-order valence-corrected chi connectivity index (χ3v) is 4.32. The molecule has 3 rings (SSSR count). The summed E-state index contributed by atoms with van der Waals surface area (Å²) >= 11 is 1.15. The van der Waals surface area contributed by atoms with Crippen molar-refractivity contribution in [3.63, 3.8) is 0 Å². The standard InChI is InChI=1S/C18H16N4O3S/c1-11-16(22-26-21-11)10-25-15-8-4-13(5-9-15)18(24)20-14-6-2-12(3-7-14)17(19)23/h2-9H,10H2,1H3,(H2,19,23)(H,20,24). The molecule has 8 heteroatoms. The lowest BCUT2D eigenvalue weighted by Crippen LogP contribution is -2.13. The summed E-state index contributed by atoms with van der Waals surface area (Å²) in [6.45, 7) is 2.21. The molecule has 132 valence electrons. The zero-order chi connectivity index (χ0) is 18.5. The predicted molar refractivity (Wildman–Crippen MR) is 98.3 cm³/mol. The minimum Gasteiger partial charge on any atom is -0.487 e. The molecule has 0 bridgehead atoms. The molecule has 1 heterocycles. The van der Waals surface area contributed by atoms with Gasteiger partial charge in [-0.25, -0.2) is 0 Å². The van der Waals surface area contributed by atoms with E-state index in [4.69, 9.17) is 10.5 Å². The molecule has 3 N–H and O–H groups in total. The molecule has 0 atom stereocenters. The van der Waals surface area contributed by atoms with Crippen molar-refractivity contribution >= 4 is 29.2 Å². The molecule has 0 saturated heterocycles. The summed E-state index contributed by atoms with van der Waals surface area (Å²) < 4.78 is 13.9. The highest BCUT2D eigenvalue weighted by Gasteiger charge is 2.08. The second kappa shape index (κ2) is 7.75. The first-order valence-corrected chi connectivity index (χ1v) is 8.48. The van der Waals surface area contributed by atoms with Crippen molar-refractivity contribution in [2.24, 2.45) is 5.73 Å². The molecule has 0 spiro atoms. The number of rotatable bonds is 6. The molecule has 26 heavy (non-hydrogen) atoms. The van der Waals surface area contributed by atoms with Crippen LogP contribution < -0.4 is 15.8 Å². The van der Waals surface area contributed by atoms with Crippen molar-refractivity contribution < 1.29 is 14.3 Å². The minimum absolute atomic E-state index is 0.261. The van der Waals surface area contributed by atoms with Gasteiger partial charge in [0.15, 0.2) is 0 Å². The maximum Gasteiger partial charge on any atom is 0.255 e. The Morgan fingerprint density at radius 3 is 2.27 bits per heavy atom. The first-order chi connectivity index (χ1) is 12.5. The first kappa shape index (κ1) is 17.6. The predicted octanol–water partition coefficient (Wildman–Crippen LogP) is 2.78. The van der Waals surface area contributed by atoms with Gasteiger partial charge in [-0.15, -0.1) is 0 Å². The highest BCUT2D eigenvalue weighted by molar-refractivity contribution is 6.99. The zero-order valence-electron chi connectivity index (χ0n) is 13.9. The molecular weight excluding hydrogens is 352 g/mol. The Bertz CT molecular complexity index is 920. The second-order valence-electron chi connectivity index (χ2n) is 5.51. The van der Waals surface area contributed by atoms with Crippen LogP contribution in [0.25, 0.3) is 0 Å². The Kier molecular flexibility index (Phi) is 5.23. The van der Waals surface area contributed by atoms with Gasteiger partial charge in [-0.05, 0) is 55.5 Å². The zero-order valence-corrected chi connectivity index (χ0v) is 14.7. The number of nitrogens with zero attached hydrogens (tertiary/aromatic N) is 2. The van der Waals surface area contributed by atoms with Crippen LogP contribution >= 0.6 is 11.7 Å². The number of aryl methyl sites for hydroxylation is 1. The van der Waals surface area contributed by atoms with E-state index in [1.165, 1.54) is 0 Å². The molecule has 0 fully saturated rings. The average molecular weight is 368 g/mol. The van der Waals surface area contributed by atoms with Crippen molar-refractivity contribution in [1.29, 1.82) is 0 Å². The molecule has 2 aromatic carbocycles. The van der Waals surface area contributed by atoms with Gasteiger partial charge in [-0.3, -0.25) is 9.59 Å². The maximum absolute atomic E-state index is 12.3. The number of hydrogen-bond donors (Lipinski definition) is 2. The summed E-state index contributed by atoms with van der Waals surface area (Å²) in [4.78, 5) is 23.3. The van der Waals surface area contributed by atoms with Gasteiger partial charge in [-0.2, -0.15) is 8.75 Å². The number of amides is 2. The van der Waals surface area contributed by atoms with E-state index in [2.05, 4.69) is 14.1 Å². The van der Waals surface area contributed by atoms with Gasteiger partial charge in [0.05, 0.1) is 17.4 Å². The van der Waals surface area contributed by atoms with E-state index in [0.717, 1.165) is 23.1 Å². The Balaban J connectivity index is 1.59. The van der Waals surface area contributed by atoms with Gasteiger partial charge in [0.25, 0.3) is 5.91 Å². The van der Waals surface area contributed by atoms with Gasteiger partial charge in [0, 0.05) is 16.8 Å². The number of nitrogens with two attached hydrogens (primary N) is 1. The number of nitrogens with one attached hydrogen (secondary N) is 1. The van der Waals surface area contributed by atoms with E-state index >= 15 is 0 Å². The van der Waals surface area contributed by atoms with Crippen molar-refractivity contribution in [2.75, 3.05) is 5.32 Å². The van der Waals surface area contributed by atoms with E-state index in [0.29, 0.717) is 29.2 Å². The Morgan fingerprint density at radius 2 is 1.69 bits per heavy atom. The van der Waals surface area contributed by atoms with Crippen LogP contribution in [0.5, 0.6) is 5.75 Å². The summed E-state index contributed by atoms with van der Waals surface area (Å²) in [6, 6.07) is 13.2. The van der Waals surface area contributed by atoms with Crippen molar-refractivity contribution in [1.82, 2.24) is 8.75 Å². The molecule has 0 aliphatic heterocycles. The molecule has 0 aliphatic rings. The summed E-state index contributed by atoms with van der Waals surface area (Å²) in [7, 11) is 0. The van der Waals surface area contributed by atoms with Crippen LogP contribution in [0.15, 0.2) is 48.5 Å². The highest BCUT2D eigenvalue weighted by Crippen LogP contribution is 2.17. The fourth-order valence-corrected chi connectivity index (χ4v) is 2.71. The van der Waals surface area contributed by atoms with Crippen molar-refractivity contribution in [2.45, 2.75) is 13.5 Å². The smallest absolute Gasteiger partial charge is 0.255 e. The topological polar surface area (TPSA) is 107 Å². The molecular formula is C18H16N4O3S. The molecule has 0 saturated carbocycles. The van der Waals surface area contributed by atoms with Crippen LogP contribution in [0.4, 0.5) is 5.69 Å². The summed E-state index contributed by atoms with van der Waals surface area (Å²) in [6.07, 6.45) is 0. The Hall–Kier alpha value is -3.26. The number of carbonyl (C=O) groups is 2. The van der Waals surface area contributed by atoms with Crippen LogP contribution in [-0.4, -0.2) is 20.6 Å². The third kappa shape index (κ3) is 4.22. The maximum atomic E-state index is 12.3. The van der Waals surface area contributed by atoms with Crippen LogP contribution in [0.1, 0.15) is 32.1 Å². The van der Waals surface area contributed by atoms with Crippen molar-refractivity contribution in [3.8, 4) is 5.75 Å². The van der Waals surface area contributed by atoms with E-state index in [-0.39, 0.29) is 5.91 Å². The number of primary amides is 1. The fourth-order valence-electron chi connectivity index (χ4n) is 2.16. The number of carbonyl (C=O) groups excluding carboxylic acids is 2. The number of aromatic nitrogens is 2. The molecule has 3 aromatic rings. The number of ether oxygens (including phenoxy) is 1. The monoisotopic (exact) mass is 368 g/mol. The van der Waals surface area contributed by atoms with Gasteiger partial charge < -0.3 is 15.8 Å². The Labute approximate surface area is 154 Å². The first-order valence-electron chi connectivity index (χ1n) is 7.75. The quantitative estimate of drug-likeness (QED) is 0.696. The van der Waals surface area contributed by atoms with Gasteiger partial charge in [0.1, 0.15) is 18.1 Å². The van der Waals surface area contributed by atoms with Crippen LogP contribution in [0, 0.1) is 6.92 Å². The van der Waals surface area contributed by atoms with Gasteiger partial charge >= 0.3 is 0 Å². The molecule has 0 radical (unpaired) electrons. The van der Waals surface area contributed by atoms with E-state index in [1.807, 2.05) is 6.92 Å². The molecule has 0 aliphatic carbocycles. The number of anilines is 1. The number of benzene rings is 2. The third-order valence-electron chi connectivity index (χ3n) is 3.67. The lowest BCUT2D eigenvalue weighted by atomic mass is 10.1. The highest BCUT2D eigenvalue weighted by atomic mass is 32.1. The number of hydrogen-bond acceptors (Lipinski definition) is 6. The SMILES string of the molecule is Cc1nsnc1COc1ccc(C(=O)Nc2ccc(C(N)=O)cc2)cc1. The molecule has 1 aromatic heterocycles. The normalized spacial score (nSPS) is 10.3. The molecule has 2 amide bonds. The van der Waals surface area contributed by atoms with Crippen molar-refractivity contribution in [3.05, 3.63) is 71.0 Å². The van der Waals surface area contributed by atoms with E-state index in [9.17, 15) is 9.59 Å². The van der Waals surface area contributed by atoms with E-state index < -0.39 is 5.91 Å². The van der Waals surface area contributed by atoms with Crippen LogP contribution in [0.2, 0.25) is 0 Å². The minimum atomic E-state index is -0.512.